The lowest BCUT2D eigenvalue weighted by Gasteiger charge is -2.24. The zero-order valence-electron chi connectivity index (χ0n) is 13.3. The van der Waals surface area contributed by atoms with Gasteiger partial charge >= 0.3 is 0 Å². The highest BCUT2D eigenvalue weighted by Crippen LogP contribution is 2.28. The zero-order chi connectivity index (χ0) is 15.5. The van der Waals surface area contributed by atoms with Gasteiger partial charge in [-0.25, -0.2) is 0 Å². The molecule has 0 radical (unpaired) electrons. The molecule has 0 bridgehead atoms. The smallest absolute Gasteiger partial charge is 0.254 e. The monoisotopic (exact) mass is 284 g/mol. The van der Waals surface area contributed by atoms with Gasteiger partial charge in [0.1, 0.15) is 0 Å². The second-order valence-corrected chi connectivity index (χ2v) is 6.34. The molecule has 3 nitrogen and oxygen atoms in total. The maximum atomic E-state index is 12.6. The van der Waals surface area contributed by atoms with Crippen LogP contribution in [0.15, 0.2) is 36.4 Å². The van der Waals surface area contributed by atoms with Gasteiger partial charge in [-0.3, -0.25) is 4.79 Å². The number of carbonyl (C=O) groups excluding carboxylic acids is 1. The second kappa shape index (κ2) is 6.17. The Morgan fingerprint density at radius 3 is 2.48 bits per heavy atom. The van der Waals surface area contributed by atoms with E-state index < -0.39 is 0 Å². The third-order valence-electron chi connectivity index (χ3n) is 3.20. The van der Waals surface area contributed by atoms with Crippen LogP contribution in [-0.2, 0) is 0 Å². The van der Waals surface area contributed by atoms with Gasteiger partial charge in [0.2, 0.25) is 0 Å². The molecule has 0 aliphatic rings. The Morgan fingerprint density at radius 2 is 1.81 bits per heavy atom. The largest absolute Gasteiger partial charge is 0.380 e. The number of carbonyl (C=O) groups is 1. The Hall–Kier alpha value is -2.03. The van der Waals surface area contributed by atoms with Crippen LogP contribution in [0.25, 0.3) is 10.8 Å². The fraction of sp³-hybridized carbons (Fsp3) is 0.389. The standard InChI is InChI=1S/C18H24N2O/c1-5-12-19-17(21)16-14-9-7-6-8-13(14)10-11-15(16)20-18(2,3)4/h6-11,20H,5,12H2,1-4H3,(H,19,21). The van der Waals surface area contributed by atoms with Crippen LogP contribution in [0.2, 0.25) is 0 Å². The van der Waals surface area contributed by atoms with Crippen LogP contribution >= 0.6 is 0 Å². The molecule has 0 aliphatic carbocycles. The summed E-state index contributed by atoms with van der Waals surface area (Å²) in [5, 5.41) is 8.49. The quantitative estimate of drug-likeness (QED) is 0.884. The van der Waals surface area contributed by atoms with Crippen molar-refractivity contribution >= 4 is 22.4 Å². The topological polar surface area (TPSA) is 41.1 Å². The first-order valence-corrected chi connectivity index (χ1v) is 7.50. The highest BCUT2D eigenvalue weighted by molar-refractivity contribution is 6.11. The predicted octanol–water partition coefficient (Wildman–Crippen LogP) is 4.19. The van der Waals surface area contributed by atoms with E-state index in [2.05, 4.69) is 44.4 Å². The van der Waals surface area contributed by atoms with Crippen LogP contribution in [0.4, 0.5) is 5.69 Å². The first-order chi connectivity index (χ1) is 9.92. The van der Waals surface area contributed by atoms with Gasteiger partial charge < -0.3 is 10.6 Å². The van der Waals surface area contributed by atoms with Crippen LogP contribution in [0.1, 0.15) is 44.5 Å². The molecule has 0 spiro atoms. The third-order valence-corrected chi connectivity index (χ3v) is 3.20. The molecule has 0 saturated carbocycles. The molecule has 2 aromatic carbocycles. The van der Waals surface area contributed by atoms with Gasteiger partial charge in [0.15, 0.2) is 0 Å². The molecular formula is C18H24N2O. The average Bonchev–Trinajstić information content (AvgIpc) is 2.43. The molecule has 1 amide bonds. The predicted molar refractivity (Wildman–Crippen MR) is 89.9 cm³/mol. The summed E-state index contributed by atoms with van der Waals surface area (Å²) in [6.45, 7) is 9.02. The summed E-state index contributed by atoms with van der Waals surface area (Å²) in [4.78, 5) is 12.6. The van der Waals surface area contributed by atoms with Crippen molar-refractivity contribution in [1.29, 1.82) is 0 Å². The summed E-state index contributed by atoms with van der Waals surface area (Å²) in [6.07, 6.45) is 0.929. The maximum Gasteiger partial charge on any atom is 0.254 e. The van der Waals surface area contributed by atoms with Gasteiger partial charge in [-0.15, -0.1) is 0 Å². The number of amides is 1. The summed E-state index contributed by atoms with van der Waals surface area (Å²) in [5.74, 6) is -0.0135. The van der Waals surface area contributed by atoms with E-state index in [4.69, 9.17) is 0 Å². The summed E-state index contributed by atoms with van der Waals surface area (Å²) in [6, 6.07) is 12.1. The Bertz CT molecular complexity index is 641. The Kier molecular flexibility index (Phi) is 4.51. The Morgan fingerprint density at radius 1 is 1.10 bits per heavy atom. The highest BCUT2D eigenvalue weighted by atomic mass is 16.1. The van der Waals surface area contributed by atoms with Crippen molar-refractivity contribution in [2.45, 2.75) is 39.7 Å². The normalized spacial score (nSPS) is 11.4. The van der Waals surface area contributed by atoms with Crippen molar-refractivity contribution in [3.63, 3.8) is 0 Å². The fourth-order valence-electron chi connectivity index (χ4n) is 2.35. The summed E-state index contributed by atoms with van der Waals surface area (Å²) >= 11 is 0. The molecule has 0 fully saturated rings. The molecule has 2 rings (SSSR count). The van der Waals surface area contributed by atoms with E-state index in [1.807, 2.05) is 30.3 Å². The lowest BCUT2D eigenvalue weighted by molar-refractivity contribution is 0.0956. The number of fused-ring (bicyclic) bond motifs is 1. The first kappa shape index (κ1) is 15.4. The van der Waals surface area contributed by atoms with Gasteiger partial charge in [0, 0.05) is 17.8 Å². The lowest BCUT2D eigenvalue weighted by Crippen LogP contribution is -2.30. The SMILES string of the molecule is CCCNC(=O)c1c(NC(C)(C)C)ccc2ccccc12. The Labute approximate surface area is 126 Å². The van der Waals surface area contributed by atoms with Crippen molar-refractivity contribution in [1.82, 2.24) is 5.32 Å². The van der Waals surface area contributed by atoms with Gasteiger partial charge in [-0.2, -0.15) is 0 Å². The molecule has 3 heteroatoms. The molecule has 2 N–H and O–H groups in total. The van der Waals surface area contributed by atoms with Crippen LogP contribution in [-0.4, -0.2) is 18.0 Å². The molecule has 0 aliphatic heterocycles. The summed E-state index contributed by atoms with van der Waals surface area (Å²) in [7, 11) is 0. The summed E-state index contributed by atoms with van der Waals surface area (Å²) in [5.41, 5.74) is 1.52. The number of hydrogen-bond donors (Lipinski definition) is 2. The lowest BCUT2D eigenvalue weighted by atomic mass is 9.99. The number of rotatable bonds is 4. The van der Waals surface area contributed by atoms with E-state index >= 15 is 0 Å². The Balaban J connectivity index is 2.54. The zero-order valence-corrected chi connectivity index (χ0v) is 13.3. The molecule has 0 atom stereocenters. The van der Waals surface area contributed by atoms with Crippen molar-refractivity contribution in [2.75, 3.05) is 11.9 Å². The molecule has 0 heterocycles. The number of benzene rings is 2. The second-order valence-electron chi connectivity index (χ2n) is 6.34. The molecule has 2 aromatic rings. The molecule has 0 unspecified atom stereocenters. The van der Waals surface area contributed by atoms with E-state index in [0.29, 0.717) is 6.54 Å². The van der Waals surface area contributed by atoms with E-state index in [1.165, 1.54) is 0 Å². The van der Waals surface area contributed by atoms with Gasteiger partial charge in [-0.05, 0) is 44.0 Å². The van der Waals surface area contributed by atoms with E-state index in [1.54, 1.807) is 0 Å². The average molecular weight is 284 g/mol. The van der Waals surface area contributed by atoms with Crippen molar-refractivity contribution in [2.24, 2.45) is 0 Å². The van der Waals surface area contributed by atoms with Crippen molar-refractivity contribution < 1.29 is 4.79 Å². The fourth-order valence-corrected chi connectivity index (χ4v) is 2.35. The molecular weight excluding hydrogens is 260 g/mol. The first-order valence-electron chi connectivity index (χ1n) is 7.50. The van der Waals surface area contributed by atoms with Crippen molar-refractivity contribution in [3.8, 4) is 0 Å². The third kappa shape index (κ3) is 3.75. The van der Waals surface area contributed by atoms with Crippen LogP contribution < -0.4 is 10.6 Å². The van der Waals surface area contributed by atoms with E-state index in [9.17, 15) is 4.79 Å². The minimum Gasteiger partial charge on any atom is -0.380 e. The minimum absolute atomic E-state index is 0.0135. The molecule has 0 saturated heterocycles. The summed E-state index contributed by atoms with van der Waals surface area (Å²) < 4.78 is 0. The van der Waals surface area contributed by atoms with Crippen molar-refractivity contribution in [3.05, 3.63) is 42.0 Å². The number of anilines is 1. The van der Waals surface area contributed by atoms with E-state index in [-0.39, 0.29) is 11.4 Å². The maximum absolute atomic E-state index is 12.6. The van der Waals surface area contributed by atoms with Crippen LogP contribution in [0, 0.1) is 0 Å². The van der Waals surface area contributed by atoms with Crippen LogP contribution in [0.3, 0.4) is 0 Å². The number of nitrogens with one attached hydrogen (secondary N) is 2. The van der Waals surface area contributed by atoms with Crippen LogP contribution in [0.5, 0.6) is 0 Å². The van der Waals surface area contributed by atoms with Gasteiger partial charge in [0.25, 0.3) is 5.91 Å². The molecule has 112 valence electrons. The van der Waals surface area contributed by atoms with Gasteiger partial charge in [-0.1, -0.05) is 37.3 Å². The number of hydrogen-bond acceptors (Lipinski definition) is 2. The van der Waals surface area contributed by atoms with Gasteiger partial charge in [0.05, 0.1) is 5.56 Å². The minimum atomic E-state index is -0.0950. The molecule has 0 aromatic heterocycles. The molecule has 21 heavy (non-hydrogen) atoms. The van der Waals surface area contributed by atoms with E-state index in [0.717, 1.165) is 28.4 Å². The highest BCUT2D eigenvalue weighted by Gasteiger charge is 2.18.